The number of thiazole rings is 1. The van der Waals surface area contributed by atoms with Crippen LogP contribution in [0.5, 0.6) is 0 Å². The number of hydrogen-bond acceptors (Lipinski definition) is 7. The van der Waals surface area contributed by atoms with Crippen LogP contribution in [0.1, 0.15) is 22.1 Å². The summed E-state index contributed by atoms with van der Waals surface area (Å²) >= 11 is 5.54. The Kier molecular flexibility index (Phi) is 6.37. The normalized spacial score (nSPS) is 20.4. The molecule has 38 heavy (non-hydrogen) atoms. The van der Waals surface area contributed by atoms with Gasteiger partial charge in [-0.05, 0) is 55.0 Å². The van der Waals surface area contributed by atoms with Gasteiger partial charge in [0.15, 0.2) is 0 Å². The smallest absolute Gasteiger partial charge is 0.308 e. The van der Waals surface area contributed by atoms with E-state index in [0.717, 1.165) is 21.4 Å². The first-order valence-electron chi connectivity index (χ1n) is 11.8. The molecule has 8 nitrogen and oxygen atoms in total. The van der Waals surface area contributed by atoms with E-state index in [1.54, 1.807) is 42.5 Å². The number of imide groups is 1. The lowest BCUT2D eigenvalue weighted by Crippen LogP contribution is -2.32. The highest BCUT2D eigenvalue weighted by Gasteiger charge is 2.57. The van der Waals surface area contributed by atoms with Crippen molar-refractivity contribution in [1.29, 1.82) is 0 Å². The summed E-state index contributed by atoms with van der Waals surface area (Å²) in [5.74, 6) is -1.93. The van der Waals surface area contributed by atoms with E-state index in [1.807, 2.05) is 25.1 Å². The largest absolute Gasteiger partial charge is 0.469 e. The average Bonchev–Trinajstić information content (AvgIpc) is 3.59. The van der Waals surface area contributed by atoms with Crippen molar-refractivity contribution in [3.8, 4) is 0 Å². The van der Waals surface area contributed by atoms with E-state index >= 15 is 0 Å². The Balaban J connectivity index is 1.39. The van der Waals surface area contributed by atoms with Gasteiger partial charge in [-0.2, -0.15) is 0 Å². The molecule has 0 bridgehead atoms. The number of fused-ring (bicyclic) bond motifs is 2. The minimum atomic E-state index is -0.770. The van der Waals surface area contributed by atoms with Gasteiger partial charge in [0.05, 0.1) is 33.7 Å². The van der Waals surface area contributed by atoms with E-state index < -0.39 is 17.1 Å². The number of aryl methyl sites for hydroxylation is 1. The van der Waals surface area contributed by atoms with Gasteiger partial charge >= 0.3 is 4.87 Å². The number of furan rings is 1. The molecule has 0 spiro atoms. The van der Waals surface area contributed by atoms with Crippen molar-refractivity contribution in [2.24, 2.45) is 5.92 Å². The van der Waals surface area contributed by atoms with Crippen LogP contribution in [0.2, 0.25) is 0 Å². The highest BCUT2D eigenvalue weighted by atomic mass is 79.9. The van der Waals surface area contributed by atoms with E-state index in [0.29, 0.717) is 27.0 Å². The molecule has 1 saturated heterocycles. The van der Waals surface area contributed by atoms with Crippen LogP contribution in [0.3, 0.4) is 0 Å². The first-order valence-corrected chi connectivity index (χ1v) is 14.2. The van der Waals surface area contributed by atoms with E-state index in [9.17, 15) is 19.2 Å². The molecular formula is C27H20BrN3O5S2. The molecule has 4 aromatic rings. The minimum Gasteiger partial charge on any atom is -0.469 e. The van der Waals surface area contributed by atoms with Crippen molar-refractivity contribution in [1.82, 2.24) is 4.57 Å². The third-order valence-corrected chi connectivity index (χ3v) is 9.84. The Morgan fingerprint density at radius 3 is 2.50 bits per heavy atom. The maximum atomic E-state index is 13.7. The number of rotatable bonds is 5. The lowest BCUT2D eigenvalue weighted by Gasteiger charge is -2.29. The van der Waals surface area contributed by atoms with Gasteiger partial charge in [-0.1, -0.05) is 57.2 Å². The number of halogens is 1. The van der Waals surface area contributed by atoms with Crippen molar-refractivity contribution in [3.63, 3.8) is 0 Å². The number of thioether (sulfide) groups is 1. The Morgan fingerprint density at radius 1 is 1.03 bits per heavy atom. The number of hydrogen-bond donors (Lipinski definition) is 1. The standard InChI is InChI=1S/C27H20BrN3O5S2/c1-14-5-2-3-6-17(14)29-19(32)13-30-26-23(38-27(30)35)20(18-7-4-12-36-18)21-22(37-26)25(34)31(24(21)33)16-10-8-15(28)9-11-16/h2-12,20-22H,13H2,1H3,(H,29,32)/t20-,21?,22?/m1/s1. The van der Waals surface area contributed by atoms with Crippen molar-refractivity contribution in [2.45, 2.75) is 29.7 Å². The number of nitrogens with one attached hydrogen (secondary N) is 1. The van der Waals surface area contributed by atoms with E-state index in [-0.39, 0.29) is 29.1 Å². The monoisotopic (exact) mass is 609 g/mol. The third kappa shape index (κ3) is 4.14. The predicted octanol–water partition coefficient (Wildman–Crippen LogP) is 5.01. The number of amides is 3. The van der Waals surface area contributed by atoms with Crippen molar-refractivity contribution in [2.75, 3.05) is 10.2 Å². The number of para-hydroxylation sites is 1. The van der Waals surface area contributed by atoms with Crippen molar-refractivity contribution in [3.05, 3.63) is 97.3 Å². The number of carbonyl (C=O) groups excluding carboxylic acids is 3. The van der Waals surface area contributed by atoms with Gasteiger partial charge in [0.25, 0.3) is 0 Å². The lowest BCUT2D eigenvalue weighted by atomic mass is 9.87. The van der Waals surface area contributed by atoms with Crippen molar-refractivity contribution < 1.29 is 18.8 Å². The summed E-state index contributed by atoms with van der Waals surface area (Å²) in [6.45, 7) is 1.67. The van der Waals surface area contributed by atoms with E-state index in [2.05, 4.69) is 21.2 Å². The van der Waals surface area contributed by atoms with Gasteiger partial charge in [-0.25, -0.2) is 4.90 Å². The Bertz CT molecular complexity index is 1630. The van der Waals surface area contributed by atoms with Crippen LogP contribution in [0.4, 0.5) is 11.4 Å². The molecule has 3 amide bonds. The van der Waals surface area contributed by atoms with Crippen LogP contribution in [0.15, 0.2) is 85.6 Å². The quantitative estimate of drug-likeness (QED) is 0.319. The second-order valence-corrected chi connectivity index (χ2v) is 12.1. The fourth-order valence-electron chi connectivity index (χ4n) is 4.92. The van der Waals surface area contributed by atoms with Crippen molar-refractivity contribution >= 4 is 68.1 Å². The summed E-state index contributed by atoms with van der Waals surface area (Å²) in [7, 11) is 0. The van der Waals surface area contributed by atoms with Gasteiger partial charge in [-0.3, -0.25) is 23.7 Å². The zero-order valence-electron chi connectivity index (χ0n) is 19.9. The van der Waals surface area contributed by atoms with Crippen LogP contribution < -0.4 is 15.1 Å². The molecule has 192 valence electrons. The Morgan fingerprint density at radius 2 is 1.79 bits per heavy atom. The molecule has 2 aromatic heterocycles. The second kappa shape index (κ2) is 9.72. The zero-order valence-corrected chi connectivity index (χ0v) is 23.1. The van der Waals surface area contributed by atoms with E-state index in [4.69, 9.17) is 4.42 Å². The van der Waals surface area contributed by atoms with Gasteiger partial charge in [0.2, 0.25) is 17.7 Å². The molecule has 11 heteroatoms. The van der Waals surface area contributed by atoms with Gasteiger partial charge in [0, 0.05) is 10.2 Å². The number of anilines is 2. The average molecular weight is 611 g/mol. The number of carbonyl (C=O) groups is 3. The molecular weight excluding hydrogens is 590 g/mol. The highest BCUT2D eigenvalue weighted by molar-refractivity contribution is 9.10. The van der Waals surface area contributed by atoms with Crippen LogP contribution in [-0.2, 0) is 20.9 Å². The highest BCUT2D eigenvalue weighted by Crippen LogP contribution is 2.53. The van der Waals surface area contributed by atoms with E-state index in [1.165, 1.54) is 27.5 Å². The SMILES string of the molecule is Cc1ccccc1NC(=O)Cn1c2c(sc1=O)[C@H](c1ccco1)C1C(=O)N(c3ccc(Br)cc3)C(=O)C1S2. The first-order chi connectivity index (χ1) is 18.3. The summed E-state index contributed by atoms with van der Waals surface area (Å²) in [6.07, 6.45) is 1.51. The Labute approximate surface area is 233 Å². The fourth-order valence-corrected chi connectivity index (χ4v) is 7.94. The van der Waals surface area contributed by atoms with Gasteiger partial charge in [-0.15, -0.1) is 0 Å². The van der Waals surface area contributed by atoms with Crippen LogP contribution in [-0.4, -0.2) is 27.5 Å². The maximum absolute atomic E-state index is 13.7. The lowest BCUT2D eigenvalue weighted by molar-refractivity contribution is -0.122. The Hall–Kier alpha value is -3.41. The zero-order chi connectivity index (χ0) is 26.6. The molecule has 1 N–H and O–H groups in total. The number of aromatic nitrogens is 1. The molecule has 0 radical (unpaired) electrons. The summed E-state index contributed by atoms with van der Waals surface area (Å²) in [5.41, 5.74) is 2.05. The third-order valence-electron chi connectivity index (χ3n) is 6.70. The summed E-state index contributed by atoms with van der Waals surface area (Å²) < 4.78 is 7.94. The molecule has 2 aromatic carbocycles. The topological polar surface area (TPSA) is 102 Å². The van der Waals surface area contributed by atoms with Gasteiger partial charge in [0.1, 0.15) is 17.6 Å². The number of benzene rings is 2. The van der Waals surface area contributed by atoms with Crippen LogP contribution in [0.25, 0.3) is 0 Å². The molecule has 4 heterocycles. The fraction of sp³-hybridized carbons (Fsp3) is 0.185. The molecule has 6 rings (SSSR count). The molecule has 2 aliphatic rings. The van der Waals surface area contributed by atoms with Crippen LogP contribution >= 0.6 is 39.0 Å². The van der Waals surface area contributed by atoms with Crippen LogP contribution in [0, 0.1) is 12.8 Å². The molecule has 0 aliphatic carbocycles. The molecule has 2 unspecified atom stereocenters. The summed E-state index contributed by atoms with van der Waals surface area (Å²) in [5, 5.41) is 2.61. The molecule has 1 fully saturated rings. The molecule has 3 atom stereocenters. The first kappa shape index (κ1) is 24.9. The number of nitrogens with zero attached hydrogens (tertiary/aromatic N) is 2. The molecule has 2 aliphatic heterocycles. The second-order valence-electron chi connectivity index (χ2n) is 9.03. The molecule has 0 saturated carbocycles. The minimum absolute atomic E-state index is 0.215. The summed E-state index contributed by atoms with van der Waals surface area (Å²) in [4.78, 5) is 55.0. The van der Waals surface area contributed by atoms with Gasteiger partial charge < -0.3 is 9.73 Å². The summed E-state index contributed by atoms with van der Waals surface area (Å²) in [6, 6.07) is 17.8. The maximum Gasteiger partial charge on any atom is 0.308 e. The predicted molar refractivity (Wildman–Crippen MR) is 149 cm³/mol.